The summed E-state index contributed by atoms with van der Waals surface area (Å²) in [7, 11) is 3.48. The number of hydrogen-bond donors (Lipinski definition) is 1. The number of methoxy groups -OCH3 is 1. The van der Waals surface area contributed by atoms with E-state index < -0.39 is 0 Å². The number of imidazole rings is 1. The van der Waals surface area contributed by atoms with Gasteiger partial charge in [-0.2, -0.15) is 0 Å². The lowest BCUT2D eigenvalue weighted by molar-refractivity contribution is 0.399. The summed E-state index contributed by atoms with van der Waals surface area (Å²) in [5, 5.41) is 0. The Hall–Kier alpha value is -2.01. The molecule has 0 saturated heterocycles. The molecule has 1 aromatic carbocycles. The number of nitrogens with two attached hydrogens (primary N) is 1. The summed E-state index contributed by atoms with van der Waals surface area (Å²) in [5.41, 5.74) is 6.57. The molecule has 0 amide bonds. The summed E-state index contributed by atoms with van der Waals surface area (Å²) in [6.07, 6.45) is 3.50. The van der Waals surface area contributed by atoms with Gasteiger partial charge in [-0.15, -0.1) is 0 Å². The van der Waals surface area contributed by atoms with Crippen LogP contribution in [0.15, 0.2) is 30.6 Å². The highest BCUT2D eigenvalue weighted by Gasteiger charge is 2.05. The summed E-state index contributed by atoms with van der Waals surface area (Å²) >= 11 is 0. The van der Waals surface area contributed by atoms with Crippen molar-refractivity contribution in [3.8, 4) is 17.5 Å². The number of aromatic nitrogens is 2. The van der Waals surface area contributed by atoms with Gasteiger partial charge in [0.15, 0.2) is 0 Å². The second-order valence-electron chi connectivity index (χ2n) is 3.64. The van der Waals surface area contributed by atoms with E-state index in [-0.39, 0.29) is 0 Å². The maximum absolute atomic E-state index is 5.65. The minimum absolute atomic E-state index is 0.439. The first-order chi connectivity index (χ1) is 8.22. The second-order valence-corrected chi connectivity index (χ2v) is 3.64. The molecule has 0 saturated carbocycles. The SMILES string of the molecule is COc1cc(CN)cc(Oc2nccn2C)c1. The van der Waals surface area contributed by atoms with Crippen LogP contribution in [0, 0.1) is 0 Å². The van der Waals surface area contributed by atoms with Gasteiger partial charge in [-0.05, 0) is 17.7 Å². The highest BCUT2D eigenvalue weighted by atomic mass is 16.5. The predicted octanol–water partition coefficient (Wildman–Crippen LogP) is 1.68. The second kappa shape index (κ2) is 4.88. The first kappa shape index (κ1) is 11.5. The monoisotopic (exact) mass is 233 g/mol. The van der Waals surface area contributed by atoms with Crippen LogP contribution in [0.4, 0.5) is 0 Å². The molecule has 0 bridgehead atoms. The van der Waals surface area contributed by atoms with Gasteiger partial charge in [0.25, 0.3) is 0 Å². The van der Waals surface area contributed by atoms with Crippen LogP contribution in [0.1, 0.15) is 5.56 Å². The van der Waals surface area contributed by atoms with E-state index in [2.05, 4.69) is 4.98 Å². The molecule has 5 nitrogen and oxygen atoms in total. The Bertz CT molecular complexity index is 486. The number of aryl methyl sites for hydroxylation is 1. The van der Waals surface area contributed by atoms with Crippen LogP contribution in [0.2, 0.25) is 0 Å². The van der Waals surface area contributed by atoms with E-state index in [1.165, 1.54) is 0 Å². The van der Waals surface area contributed by atoms with Crippen molar-refractivity contribution in [2.45, 2.75) is 6.54 Å². The van der Waals surface area contributed by atoms with E-state index in [0.29, 0.717) is 18.3 Å². The average Bonchev–Trinajstić information content (AvgIpc) is 2.74. The maximum atomic E-state index is 5.65. The molecule has 0 radical (unpaired) electrons. The summed E-state index contributed by atoms with van der Waals surface area (Å²) in [6.45, 7) is 0.439. The molecule has 0 unspecified atom stereocenters. The Balaban J connectivity index is 2.29. The number of rotatable bonds is 4. The molecule has 90 valence electrons. The molecule has 5 heteroatoms. The molecular formula is C12H15N3O2. The molecule has 0 aliphatic rings. The Morgan fingerprint density at radius 1 is 1.29 bits per heavy atom. The van der Waals surface area contributed by atoms with Gasteiger partial charge in [-0.25, -0.2) is 4.98 Å². The normalized spacial score (nSPS) is 10.3. The third-order valence-electron chi connectivity index (χ3n) is 2.40. The van der Waals surface area contributed by atoms with Gasteiger partial charge in [0.2, 0.25) is 0 Å². The Labute approximate surface area is 99.8 Å². The zero-order valence-corrected chi connectivity index (χ0v) is 9.88. The summed E-state index contributed by atoms with van der Waals surface area (Å²) in [6, 6.07) is 6.08. The van der Waals surface area contributed by atoms with E-state index in [1.807, 2.05) is 25.4 Å². The molecule has 2 aromatic rings. The van der Waals surface area contributed by atoms with Crippen molar-refractivity contribution in [2.75, 3.05) is 7.11 Å². The van der Waals surface area contributed by atoms with Gasteiger partial charge in [0.1, 0.15) is 11.5 Å². The minimum atomic E-state index is 0.439. The zero-order chi connectivity index (χ0) is 12.3. The highest BCUT2D eigenvalue weighted by molar-refractivity contribution is 5.39. The van der Waals surface area contributed by atoms with Crippen LogP contribution in [0.3, 0.4) is 0 Å². The van der Waals surface area contributed by atoms with Crippen LogP contribution in [0.5, 0.6) is 17.5 Å². The van der Waals surface area contributed by atoms with Crippen LogP contribution >= 0.6 is 0 Å². The van der Waals surface area contributed by atoms with Gasteiger partial charge in [-0.1, -0.05) is 0 Å². The maximum Gasteiger partial charge on any atom is 0.301 e. The topological polar surface area (TPSA) is 62.3 Å². The molecule has 0 fully saturated rings. The molecule has 2 rings (SSSR count). The summed E-state index contributed by atoms with van der Waals surface area (Å²) in [4.78, 5) is 4.09. The molecule has 0 atom stereocenters. The number of hydrogen-bond acceptors (Lipinski definition) is 4. The van der Waals surface area contributed by atoms with Crippen molar-refractivity contribution in [3.63, 3.8) is 0 Å². The fraction of sp³-hybridized carbons (Fsp3) is 0.250. The van der Waals surface area contributed by atoms with Gasteiger partial charge in [0.05, 0.1) is 7.11 Å². The summed E-state index contributed by atoms with van der Waals surface area (Å²) in [5.74, 6) is 1.39. The Kier molecular flexibility index (Phi) is 3.30. The largest absolute Gasteiger partial charge is 0.497 e. The summed E-state index contributed by atoms with van der Waals surface area (Å²) < 4.78 is 12.6. The van der Waals surface area contributed by atoms with Crippen LogP contribution in [-0.2, 0) is 13.6 Å². The zero-order valence-electron chi connectivity index (χ0n) is 9.88. The lowest BCUT2D eigenvalue weighted by Gasteiger charge is -2.09. The van der Waals surface area contributed by atoms with E-state index in [1.54, 1.807) is 23.9 Å². The highest BCUT2D eigenvalue weighted by Crippen LogP contribution is 2.26. The van der Waals surface area contributed by atoms with Crippen molar-refractivity contribution in [3.05, 3.63) is 36.2 Å². The van der Waals surface area contributed by atoms with Crippen LogP contribution in [-0.4, -0.2) is 16.7 Å². The first-order valence-electron chi connectivity index (χ1n) is 5.26. The van der Waals surface area contributed by atoms with Gasteiger partial charge >= 0.3 is 6.01 Å². The molecular weight excluding hydrogens is 218 g/mol. The molecule has 1 aromatic heterocycles. The third kappa shape index (κ3) is 2.57. The van der Waals surface area contributed by atoms with Gasteiger partial charge < -0.3 is 19.8 Å². The molecule has 1 heterocycles. The average molecular weight is 233 g/mol. The van der Waals surface area contributed by atoms with Crippen LogP contribution < -0.4 is 15.2 Å². The van der Waals surface area contributed by atoms with Crippen molar-refractivity contribution in [2.24, 2.45) is 12.8 Å². The lowest BCUT2D eigenvalue weighted by Crippen LogP contribution is -1.99. The fourth-order valence-corrected chi connectivity index (χ4v) is 1.48. The third-order valence-corrected chi connectivity index (χ3v) is 2.40. The van der Waals surface area contributed by atoms with E-state index in [0.717, 1.165) is 11.3 Å². The lowest BCUT2D eigenvalue weighted by atomic mass is 10.2. The van der Waals surface area contributed by atoms with Crippen molar-refractivity contribution in [1.29, 1.82) is 0 Å². The van der Waals surface area contributed by atoms with Gasteiger partial charge in [0, 0.05) is 32.1 Å². The Morgan fingerprint density at radius 3 is 2.65 bits per heavy atom. The number of ether oxygens (including phenoxy) is 2. The standard InChI is InChI=1S/C12H15N3O2/c1-15-4-3-14-12(15)17-11-6-9(8-13)5-10(7-11)16-2/h3-7H,8,13H2,1-2H3. The van der Waals surface area contributed by atoms with Crippen molar-refractivity contribution < 1.29 is 9.47 Å². The molecule has 17 heavy (non-hydrogen) atoms. The fourth-order valence-electron chi connectivity index (χ4n) is 1.48. The van der Waals surface area contributed by atoms with Crippen molar-refractivity contribution >= 4 is 0 Å². The van der Waals surface area contributed by atoms with Crippen LogP contribution in [0.25, 0.3) is 0 Å². The number of benzene rings is 1. The van der Waals surface area contributed by atoms with E-state index >= 15 is 0 Å². The minimum Gasteiger partial charge on any atom is -0.497 e. The smallest absolute Gasteiger partial charge is 0.301 e. The van der Waals surface area contributed by atoms with Crippen molar-refractivity contribution in [1.82, 2.24) is 9.55 Å². The van der Waals surface area contributed by atoms with E-state index in [9.17, 15) is 0 Å². The molecule has 0 aliphatic carbocycles. The Morgan fingerprint density at radius 2 is 2.06 bits per heavy atom. The molecule has 0 spiro atoms. The quantitative estimate of drug-likeness (QED) is 0.872. The first-order valence-corrected chi connectivity index (χ1v) is 5.26. The van der Waals surface area contributed by atoms with E-state index in [4.69, 9.17) is 15.2 Å². The predicted molar refractivity (Wildman–Crippen MR) is 64.2 cm³/mol. The molecule has 2 N–H and O–H groups in total. The van der Waals surface area contributed by atoms with Gasteiger partial charge in [-0.3, -0.25) is 0 Å². The molecule has 0 aliphatic heterocycles. The number of nitrogens with zero attached hydrogens (tertiary/aromatic N) is 2.